The van der Waals surface area contributed by atoms with Gasteiger partial charge in [-0.25, -0.2) is 4.57 Å². The van der Waals surface area contributed by atoms with Crippen molar-refractivity contribution in [3.8, 4) is 0 Å². The van der Waals surface area contributed by atoms with E-state index in [1.807, 2.05) is 0 Å². The molecule has 2 atom stereocenters. The molecule has 0 fully saturated rings. The van der Waals surface area contributed by atoms with Crippen molar-refractivity contribution in [1.82, 2.24) is 0 Å². The van der Waals surface area contributed by atoms with Crippen LogP contribution in [0.2, 0.25) is 0 Å². The van der Waals surface area contributed by atoms with Crippen molar-refractivity contribution in [3.63, 3.8) is 0 Å². The second-order valence-electron chi connectivity index (χ2n) is 17.4. The molecule has 0 aromatic carbocycles. The number of unbranched alkanes of at least 4 members (excludes halogenated alkanes) is 30. The lowest BCUT2D eigenvalue weighted by molar-refractivity contribution is -0.161. The van der Waals surface area contributed by atoms with Crippen molar-refractivity contribution in [2.75, 3.05) is 26.4 Å². The lowest BCUT2D eigenvalue weighted by atomic mass is 10.0. The summed E-state index contributed by atoms with van der Waals surface area (Å²) >= 11 is 0. The van der Waals surface area contributed by atoms with Gasteiger partial charge in [0.05, 0.1) is 13.2 Å². The topological polar surface area (TPSA) is 134 Å². The van der Waals surface area contributed by atoms with E-state index in [-0.39, 0.29) is 38.6 Å². The molecule has 0 aliphatic carbocycles. The van der Waals surface area contributed by atoms with Crippen LogP contribution in [0.4, 0.5) is 0 Å². The van der Waals surface area contributed by atoms with Crippen LogP contribution in [0, 0.1) is 0 Å². The minimum Gasteiger partial charge on any atom is -0.462 e. The van der Waals surface area contributed by atoms with Gasteiger partial charge in [0.1, 0.15) is 6.61 Å². The number of hydrogen-bond donors (Lipinski definition) is 2. The molecule has 2 unspecified atom stereocenters. The van der Waals surface area contributed by atoms with Gasteiger partial charge in [0.2, 0.25) is 0 Å². The van der Waals surface area contributed by atoms with Crippen molar-refractivity contribution >= 4 is 19.8 Å². The average Bonchev–Trinajstić information content (AvgIpc) is 3.26. The number of carbonyl (C=O) groups excluding carboxylic acids is 2. The summed E-state index contributed by atoms with van der Waals surface area (Å²) < 4.78 is 32.9. The van der Waals surface area contributed by atoms with Gasteiger partial charge >= 0.3 is 19.8 Å². The number of ether oxygens (including phenoxy) is 2. The Bertz CT molecular complexity index is 1110. The lowest BCUT2D eigenvalue weighted by Gasteiger charge is -2.19. The van der Waals surface area contributed by atoms with Crippen LogP contribution in [-0.2, 0) is 32.7 Å². The predicted octanol–water partition coefficient (Wildman–Crippen LogP) is 15.7. The first-order chi connectivity index (χ1) is 30.3. The summed E-state index contributed by atoms with van der Waals surface area (Å²) in [6, 6.07) is 0. The van der Waals surface area contributed by atoms with Crippen LogP contribution >= 0.6 is 7.82 Å². The molecule has 0 bridgehead atoms. The van der Waals surface area contributed by atoms with Crippen LogP contribution in [0.15, 0.2) is 36.5 Å². The summed E-state index contributed by atoms with van der Waals surface area (Å²) in [5.74, 6) is -0.820. The molecule has 0 rings (SSSR count). The largest absolute Gasteiger partial charge is 0.472 e. The Labute approximate surface area is 382 Å². The molecule has 10 heteroatoms. The molecular formula is C52H98NO8P. The summed E-state index contributed by atoms with van der Waals surface area (Å²) in [7, 11) is -4.38. The third-order valence-corrected chi connectivity index (χ3v) is 12.3. The first-order valence-corrected chi connectivity index (χ1v) is 27.5. The van der Waals surface area contributed by atoms with Crippen LogP contribution in [0.25, 0.3) is 0 Å². The number of rotatable bonds is 49. The summed E-state index contributed by atoms with van der Waals surface area (Å²) in [5, 5.41) is 0. The van der Waals surface area contributed by atoms with Crippen molar-refractivity contribution in [3.05, 3.63) is 36.5 Å². The molecule has 0 aromatic rings. The number of nitrogens with two attached hydrogens (primary N) is 1. The van der Waals surface area contributed by atoms with Crippen LogP contribution in [0.3, 0.4) is 0 Å². The van der Waals surface area contributed by atoms with Gasteiger partial charge in [-0.1, -0.05) is 224 Å². The highest BCUT2D eigenvalue weighted by Crippen LogP contribution is 2.43. The predicted molar refractivity (Wildman–Crippen MR) is 261 cm³/mol. The summed E-state index contributed by atoms with van der Waals surface area (Å²) in [6.45, 7) is 3.75. The third kappa shape index (κ3) is 47.7. The van der Waals surface area contributed by atoms with E-state index in [0.29, 0.717) is 6.42 Å². The molecule has 0 heterocycles. The zero-order valence-corrected chi connectivity index (χ0v) is 41.3. The van der Waals surface area contributed by atoms with Gasteiger partial charge in [0, 0.05) is 19.4 Å². The lowest BCUT2D eigenvalue weighted by Crippen LogP contribution is -2.29. The smallest absolute Gasteiger partial charge is 0.462 e. The first kappa shape index (κ1) is 60.2. The molecule has 0 aromatic heterocycles. The standard InChI is InChI=1S/C52H98NO8P/c1-3-5-7-9-11-13-15-17-19-20-21-22-23-24-25-26-27-28-29-30-31-33-35-37-39-41-43-45-52(55)61-50(49-60-62(56,57)59-47-46-53)48-58-51(54)44-42-40-38-36-34-32-18-16-14-12-10-8-6-4-2/h15,17,20-21,23-24,50H,3-14,16,18-19,22,25-49,53H2,1-2H3,(H,56,57)/b17-15-,21-20-,24-23-. The number of phosphoric acid groups is 1. The van der Waals surface area contributed by atoms with Crippen LogP contribution in [-0.4, -0.2) is 49.3 Å². The van der Waals surface area contributed by atoms with E-state index in [9.17, 15) is 19.0 Å². The Morgan fingerprint density at radius 2 is 0.839 bits per heavy atom. The molecule has 364 valence electrons. The summed E-state index contributed by atoms with van der Waals surface area (Å²) in [5.41, 5.74) is 5.36. The fourth-order valence-corrected chi connectivity index (χ4v) is 8.17. The van der Waals surface area contributed by atoms with Gasteiger partial charge in [-0.2, -0.15) is 0 Å². The van der Waals surface area contributed by atoms with Gasteiger partial charge in [0.25, 0.3) is 0 Å². The van der Waals surface area contributed by atoms with Gasteiger partial charge in [-0.05, 0) is 51.4 Å². The number of phosphoric ester groups is 1. The van der Waals surface area contributed by atoms with E-state index in [4.69, 9.17) is 24.3 Å². The fraction of sp³-hybridized carbons (Fsp3) is 0.846. The Kier molecular flexibility index (Phi) is 47.3. The zero-order valence-electron chi connectivity index (χ0n) is 40.4. The third-order valence-electron chi connectivity index (χ3n) is 11.3. The number of esters is 2. The molecular weight excluding hydrogens is 798 g/mol. The van der Waals surface area contributed by atoms with Crippen LogP contribution in [0.5, 0.6) is 0 Å². The maximum atomic E-state index is 12.7. The van der Waals surface area contributed by atoms with E-state index >= 15 is 0 Å². The molecule has 0 saturated heterocycles. The SMILES string of the molecule is CCCCCCC/C=C\C/C=C\C/C=C\CCCCCCCCCCCCCCC(=O)OC(COC(=O)CCCCCCCCCCCCCCCC)COP(=O)(O)OCCN. The first-order valence-electron chi connectivity index (χ1n) is 26.0. The van der Waals surface area contributed by atoms with Crippen LogP contribution < -0.4 is 5.73 Å². The van der Waals surface area contributed by atoms with Gasteiger partial charge in [0.15, 0.2) is 6.10 Å². The zero-order chi connectivity index (χ0) is 45.3. The van der Waals surface area contributed by atoms with E-state index < -0.39 is 26.5 Å². The monoisotopic (exact) mass is 896 g/mol. The summed E-state index contributed by atoms with van der Waals surface area (Å²) in [6.07, 6.45) is 56.1. The maximum Gasteiger partial charge on any atom is 0.472 e. The highest BCUT2D eigenvalue weighted by atomic mass is 31.2. The van der Waals surface area contributed by atoms with E-state index in [0.717, 1.165) is 51.4 Å². The molecule has 0 aliphatic heterocycles. The molecule has 0 amide bonds. The number of hydrogen-bond acceptors (Lipinski definition) is 8. The Balaban J connectivity index is 3.98. The van der Waals surface area contributed by atoms with Crippen molar-refractivity contribution < 1.29 is 37.6 Å². The maximum absolute atomic E-state index is 12.7. The second kappa shape index (κ2) is 48.7. The molecule has 0 saturated carbocycles. The van der Waals surface area contributed by atoms with Gasteiger partial charge in [-0.15, -0.1) is 0 Å². The normalized spacial score (nSPS) is 13.4. The van der Waals surface area contributed by atoms with Crippen LogP contribution in [0.1, 0.15) is 251 Å². The molecule has 0 aliphatic rings. The van der Waals surface area contributed by atoms with Gasteiger partial charge < -0.3 is 20.1 Å². The minimum atomic E-state index is -4.38. The van der Waals surface area contributed by atoms with Crippen molar-refractivity contribution in [2.45, 2.75) is 258 Å². The molecule has 3 N–H and O–H groups in total. The molecule has 9 nitrogen and oxygen atoms in total. The summed E-state index contributed by atoms with van der Waals surface area (Å²) in [4.78, 5) is 35.0. The number of carbonyl (C=O) groups is 2. The average molecular weight is 896 g/mol. The minimum absolute atomic E-state index is 0.0543. The Hall–Kier alpha value is -1.77. The van der Waals surface area contributed by atoms with Gasteiger partial charge in [-0.3, -0.25) is 18.6 Å². The molecule has 62 heavy (non-hydrogen) atoms. The van der Waals surface area contributed by atoms with E-state index in [1.54, 1.807) is 0 Å². The second-order valence-corrected chi connectivity index (χ2v) is 18.9. The Morgan fingerprint density at radius 3 is 1.24 bits per heavy atom. The fourth-order valence-electron chi connectivity index (χ4n) is 7.41. The number of allylic oxidation sites excluding steroid dienone is 6. The van der Waals surface area contributed by atoms with E-state index in [1.165, 1.54) is 167 Å². The molecule has 0 spiro atoms. The highest BCUT2D eigenvalue weighted by molar-refractivity contribution is 7.47. The Morgan fingerprint density at radius 1 is 0.484 bits per heavy atom. The molecule has 0 radical (unpaired) electrons. The van der Waals surface area contributed by atoms with E-state index in [2.05, 4.69) is 50.3 Å². The van der Waals surface area contributed by atoms with Crippen molar-refractivity contribution in [1.29, 1.82) is 0 Å². The highest BCUT2D eigenvalue weighted by Gasteiger charge is 2.26. The quantitative estimate of drug-likeness (QED) is 0.0265. The van der Waals surface area contributed by atoms with Crippen molar-refractivity contribution in [2.24, 2.45) is 5.73 Å².